The molecule has 46 heavy (non-hydrogen) atoms. The van der Waals surface area contributed by atoms with Gasteiger partial charge in [-0.25, -0.2) is 14.6 Å². The number of benzene rings is 3. The zero-order chi connectivity index (χ0) is 33.0. The van der Waals surface area contributed by atoms with Crippen LogP contribution in [0.4, 0.5) is 0 Å². The number of aromatic nitrogens is 1. The van der Waals surface area contributed by atoms with Crippen molar-refractivity contribution in [3.8, 4) is 11.5 Å². The lowest BCUT2D eigenvalue weighted by molar-refractivity contribution is -0.139. The number of rotatable bonds is 11. The van der Waals surface area contributed by atoms with Crippen LogP contribution >= 0.6 is 43.2 Å². The Morgan fingerprint density at radius 2 is 1.74 bits per heavy atom. The van der Waals surface area contributed by atoms with Crippen LogP contribution in [-0.4, -0.2) is 35.3 Å². The molecule has 12 heteroatoms. The third-order valence-electron chi connectivity index (χ3n) is 7.23. The van der Waals surface area contributed by atoms with E-state index in [-0.39, 0.29) is 24.3 Å². The number of methoxy groups -OCH3 is 1. The second-order valence-electron chi connectivity index (χ2n) is 10.3. The zero-order valence-electron chi connectivity index (χ0n) is 25.2. The maximum Gasteiger partial charge on any atom is 0.338 e. The molecule has 1 atom stereocenters. The van der Waals surface area contributed by atoms with E-state index in [1.807, 2.05) is 31.2 Å². The quantitative estimate of drug-likeness (QED) is 0.176. The second kappa shape index (κ2) is 14.6. The highest BCUT2D eigenvalue weighted by Crippen LogP contribution is 2.36. The highest BCUT2D eigenvalue weighted by molar-refractivity contribution is 9.10. The lowest BCUT2D eigenvalue weighted by Crippen LogP contribution is -2.40. The first-order valence-corrected chi connectivity index (χ1v) is 16.8. The van der Waals surface area contributed by atoms with Crippen molar-refractivity contribution in [3.05, 3.63) is 123 Å². The summed E-state index contributed by atoms with van der Waals surface area (Å²) in [6.45, 7) is 4.20. The smallest absolute Gasteiger partial charge is 0.338 e. The molecule has 4 aromatic rings. The van der Waals surface area contributed by atoms with Gasteiger partial charge in [0, 0.05) is 0 Å². The van der Waals surface area contributed by atoms with Crippen molar-refractivity contribution in [2.45, 2.75) is 39.3 Å². The van der Waals surface area contributed by atoms with E-state index < -0.39 is 18.0 Å². The first kappa shape index (κ1) is 33.4. The Hall–Kier alpha value is -4.00. The number of halogens is 2. The molecule has 5 rings (SSSR count). The molecule has 238 valence electrons. The molecule has 3 aromatic carbocycles. The maximum absolute atomic E-state index is 14.1. The van der Waals surface area contributed by atoms with Gasteiger partial charge in [0.2, 0.25) is 0 Å². The molecule has 0 unspecified atom stereocenters. The maximum atomic E-state index is 14.1. The van der Waals surface area contributed by atoms with Crippen LogP contribution in [-0.2, 0) is 16.1 Å². The van der Waals surface area contributed by atoms with E-state index in [0.29, 0.717) is 53.0 Å². The van der Waals surface area contributed by atoms with E-state index in [1.165, 1.54) is 23.5 Å². The van der Waals surface area contributed by atoms with Crippen LogP contribution in [0.5, 0.6) is 11.5 Å². The molecular formula is C34H30Br2N2O7S. The van der Waals surface area contributed by atoms with Crippen molar-refractivity contribution < 1.29 is 28.9 Å². The Bertz CT molecular complexity index is 2020. The minimum Gasteiger partial charge on any atom is -0.496 e. The molecule has 0 saturated carbocycles. The summed E-state index contributed by atoms with van der Waals surface area (Å²) in [6.07, 6.45) is 3.09. The standard InChI is InChI=1S/C34H30Br2N2O7S/c1-4-6-25-29(33(42)44-5-2)30(22-12-14-26(43-3)24(36)17-22)38-31(39)28(46-34(38)37-25)16-20-9-13-27(23(35)15-20)45-18-19-7-10-21(11-8-19)32(40)41/h7-17,30H,4-6,18H2,1-3H3,(H,40,41)/b28-16+/t30-/m1/s1. The number of aromatic carboxylic acids is 1. The van der Waals surface area contributed by atoms with Gasteiger partial charge in [0.1, 0.15) is 18.1 Å². The predicted molar refractivity (Wildman–Crippen MR) is 182 cm³/mol. The average Bonchev–Trinajstić information content (AvgIpc) is 3.34. The normalized spacial score (nSPS) is 14.5. The van der Waals surface area contributed by atoms with E-state index in [0.717, 1.165) is 17.5 Å². The molecule has 0 saturated heterocycles. The second-order valence-corrected chi connectivity index (χ2v) is 13.0. The van der Waals surface area contributed by atoms with Gasteiger partial charge in [-0.3, -0.25) is 9.36 Å². The summed E-state index contributed by atoms with van der Waals surface area (Å²) in [6, 6.07) is 16.7. The Balaban J connectivity index is 1.53. The third-order valence-corrected chi connectivity index (χ3v) is 9.46. The molecule has 0 spiro atoms. The topological polar surface area (TPSA) is 116 Å². The molecule has 0 bridgehead atoms. The van der Waals surface area contributed by atoms with Gasteiger partial charge in [0.05, 0.1) is 50.1 Å². The number of allylic oxidation sites excluding steroid dienone is 1. The summed E-state index contributed by atoms with van der Waals surface area (Å²) >= 11 is 8.38. The third kappa shape index (κ3) is 7.03. The van der Waals surface area contributed by atoms with Gasteiger partial charge in [0.15, 0.2) is 4.80 Å². The molecule has 0 aliphatic carbocycles. The summed E-state index contributed by atoms with van der Waals surface area (Å²) in [5, 5.41) is 9.10. The van der Waals surface area contributed by atoms with E-state index in [4.69, 9.17) is 24.3 Å². The Morgan fingerprint density at radius 1 is 1.02 bits per heavy atom. The van der Waals surface area contributed by atoms with Gasteiger partial charge in [-0.2, -0.15) is 0 Å². The molecule has 1 aliphatic rings. The van der Waals surface area contributed by atoms with E-state index in [9.17, 15) is 14.4 Å². The van der Waals surface area contributed by atoms with E-state index in [2.05, 4.69) is 31.9 Å². The van der Waals surface area contributed by atoms with Gasteiger partial charge in [-0.05, 0) is 104 Å². The molecular weight excluding hydrogens is 740 g/mol. The summed E-state index contributed by atoms with van der Waals surface area (Å²) in [4.78, 5) is 43.9. The number of hydrogen-bond donors (Lipinski definition) is 1. The van der Waals surface area contributed by atoms with Gasteiger partial charge in [-0.1, -0.05) is 48.9 Å². The molecule has 1 aromatic heterocycles. The van der Waals surface area contributed by atoms with Crippen molar-refractivity contribution in [1.29, 1.82) is 0 Å². The lowest BCUT2D eigenvalue weighted by atomic mass is 9.94. The molecule has 9 nitrogen and oxygen atoms in total. The van der Waals surface area contributed by atoms with Gasteiger partial charge < -0.3 is 19.3 Å². The van der Waals surface area contributed by atoms with Crippen LogP contribution in [0.15, 0.2) is 90.7 Å². The number of thiazole rings is 1. The Morgan fingerprint density at radius 3 is 2.37 bits per heavy atom. The number of esters is 1. The number of carboxylic acids is 1. The Labute approximate surface area is 285 Å². The highest BCUT2D eigenvalue weighted by atomic mass is 79.9. The van der Waals surface area contributed by atoms with Crippen molar-refractivity contribution in [2.24, 2.45) is 4.99 Å². The molecule has 1 aliphatic heterocycles. The van der Waals surface area contributed by atoms with Crippen LogP contribution in [0, 0.1) is 0 Å². The van der Waals surface area contributed by atoms with Crippen LogP contribution in [0.3, 0.4) is 0 Å². The largest absolute Gasteiger partial charge is 0.496 e. The number of ether oxygens (including phenoxy) is 3. The van der Waals surface area contributed by atoms with E-state index in [1.54, 1.807) is 48.9 Å². The van der Waals surface area contributed by atoms with Crippen LogP contribution in [0.2, 0.25) is 0 Å². The lowest BCUT2D eigenvalue weighted by Gasteiger charge is -2.26. The number of carboxylic acid groups (broad SMARTS) is 1. The predicted octanol–water partition coefficient (Wildman–Crippen LogP) is 6.39. The van der Waals surface area contributed by atoms with Crippen LogP contribution < -0.4 is 24.4 Å². The number of carbonyl (C=O) groups excluding carboxylic acids is 1. The molecule has 2 heterocycles. The number of carbonyl (C=O) groups is 2. The SMILES string of the molecule is CCCC1=C(C(=O)OCC)[C@@H](c2ccc(OC)c(Br)c2)n2c(s/c(=C/c3ccc(OCc4ccc(C(=O)O)cc4)c(Br)c3)c2=O)=N1. The zero-order valence-corrected chi connectivity index (χ0v) is 29.2. The molecule has 1 N–H and O–H groups in total. The highest BCUT2D eigenvalue weighted by Gasteiger charge is 2.34. The van der Waals surface area contributed by atoms with Crippen LogP contribution in [0.25, 0.3) is 6.08 Å². The first-order chi connectivity index (χ1) is 22.1. The molecule has 0 amide bonds. The number of fused-ring (bicyclic) bond motifs is 1. The van der Waals surface area contributed by atoms with Gasteiger partial charge in [-0.15, -0.1) is 0 Å². The van der Waals surface area contributed by atoms with Crippen molar-refractivity contribution in [1.82, 2.24) is 4.57 Å². The monoisotopic (exact) mass is 768 g/mol. The Kier molecular flexibility index (Phi) is 10.6. The van der Waals surface area contributed by atoms with Crippen molar-refractivity contribution in [2.75, 3.05) is 13.7 Å². The summed E-state index contributed by atoms with van der Waals surface area (Å²) in [7, 11) is 1.57. The summed E-state index contributed by atoms with van der Waals surface area (Å²) < 4.78 is 20.2. The fraction of sp³-hybridized carbons (Fsp3) is 0.235. The van der Waals surface area contributed by atoms with Crippen LogP contribution in [0.1, 0.15) is 59.8 Å². The summed E-state index contributed by atoms with van der Waals surface area (Å²) in [5.74, 6) is -0.267. The fourth-order valence-electron chi connectivity index (χ4n) is 5.07. The number of hydrogen-bond acceptors (Lipinski definition) is 8. The fourth-order valence-corrected chi connectivity index (χ4v) is 7.16. The van der Waals surface area contributed by atoms with Gasteiger partial charge in [0.25, 0.3) is 5.56 Å². The number of nitrogens with zero attached hydrogens (tertiary/aromatic N) is 2. The minimum atomic E-state index is -0.983. The molecule has 0 radical (unpaired) electrons. The van der Waals surface area contributed by atoms with E-state index >= 15 is 0 Å². The average molecular weight is 770 g/mol. The minimum absolute atomic E-state index is 0.191. The van der Waals surface area contributed by atoms with Crippen molar-refractivity contribution in [3.63, 3.8) is 0 Å². The van der Waals surface area contributed by atoms with Gasteiger partial charge >= 0.3 is 11.9 Å². The summed E-state index contributed by atoms with van der Waals surface area (Å²) in [5.41, 5.74) is 3.19. The van der Waals surface area contributed by atoms with Crippen molar-refractivity contribution >= 4 is 61.2 Å². The molecule has 0 fully saturated rings. The first-order valence-electron chi connectivity index (χ1n) is 14.4.